The molecule has 5 nitrogen and oxygen atoms in total. The number of halogens is 2. The predicted molar refractivity (Wildman–Crippen MR) is 64.8 cm³/mol. The summed E-state index contributed by atoms with van der Waals surface area (Å²) in [7, 11) is 0. The number of primary amides is 1. The van der Waals surface area contributed by atoms with Crippen molar-refractivity contribution in [2.24, 2.45) is 11.7 Å². The van der Waals surface area contributed by atoms with Crippen molar-refractivity contribution in [2.75, 3.05) is 5.32 Å². The van der Waals surface area contributed by atoms with Gasteiger partial charge in [0.25, 0.3) is 0 Å². The molecule has 0 heterocycles. The number of carboxylic acid groups (broad SMARTS) is 1. The number of nitrogens with one attached hydrogen (secondary N) is 1. The van der Waals surface area contributed by atoms with E-state index in [1.54, 1.807) is 13.8 Å². The molecule has 1 unspecified atom stereocenters. The van der Waals surface area contributed by atoms with Gasteiger partial charge in [0.1, 0.15) is 23.4 Å². The van der Waals surface area contributed by atoms with Gasteiger partial charge in [-0.2, -0.15) is 0 Å². The third-order valence-corrected chi connectivity index (χ3v) is 2.56. The fourth-order valence-electron chi connectivity index (χ4n) is 1.56. The molecular weight excluding hydrogens is 258 g/mol. The quantitative estimate of drug-likeness (QED) is 0.758. The number of carbonyl (C=O) groups is 2. The van der Waals surface area contributed by atoms with E-state index in [-0.39, 0.29) is 5.92 Å². The van der Waals surface area contributed by atoms with Crippen LogP contribution in [0, 0.1) is 17.6 Å². The van der Waals surface area contributed by atoms with Crippen LogP contribution in [0.5, 0.6) is 0 Å². The van der Waals surface area contributed by atoms with Gasteiger partial charge < -0.3 is 16.2 Å². The number of nitrogens with two attached hydrogens (primary N) is 1. The van der Waals surface area contributed by atoms with E-state index in [9.17, 15) is 18.4 Å². The van der Waals surface area contributed by atoms with E-state index in [0.717, 1.165) is 0 Å². The zero-order chi connectivity index (χ0) is 14.7. The molecular formula is C12H14F2N2O3. The van der Waals surface area contributed by atoms with Gasteiger partial charge in [0, 0.05) is 0 Å². The highest BCUT2D eigenvalue weighted by atomic mass is 19.1. The van der Waals surface area contributed by atoms with Crippen LogP contribution in [0.3, 0.4) is 0 Å². The topological polar surface area (TPSA) is 92.4 Å². The molecule has 104 valence electrons. The molecule has 4 N–H and O–H groups in total. The lowest BCUT2D eigenvalue weighted by molar-refractivity contribution is -0.119. The summed E-state index contributed by atoms with van der Waals surface area (Å²) in [6, 6.07) is 0.387. The Morgan fingerprint density at radius 3 is 2.05 bits per heavy atom. The van der Waals surface area contributed by atoms with Crippen LogP contribution in [0.4, 0.5) is 14.5 Å². The molecule has 0 aliphatic heterocycles. The monoisotopic (exact) mass is 272 g/mol. The third kappa shape index (κ3) is 3.40. The number of rotatable bonds is 5. The standard InChI is InChI=1S/C12H14F2N2O3/c1-5(2)9(11(15)17)16-10-7(13)3-6(12(18)19)4-8(10)14/h3-5,9,16H,1-2H3,(H2,15,17)(H,18,19). The molecule has 19 heavy (non-hydrogen) atoms. The molecule has 0 radical (unpaired) electrons. The van der Waals surface area contributed by atoms with Crippen molar-refractivity contribution in [3.8, 4) is 0 Å². The molecule has 0 spiro atoms. The Balaban J connectivity index is 3.14. The maximum absolute atomic E-state index is 13.6. The summed E-state index contributed by atoms with van der Waals surface area (Å²) in [6.07, 6.45) is 0. The summed E-state index contributed by atoms with van der Waals surface area (Å²) >= 11 is 0. The highest BCUT2D eigenvalue weighted by Crippen LogP contribution is 2.23. The van der Waals surface area contributed by atoms with Crippen LogP contribution in [0.15, 0.2) is 12.1 Å². The van der Waals surface area contributed by atoms with Crippen LogP contribution < -0.4 is 11.1 Å². The number of carbonyl (C=O) groups excluding carboxylic acids is 1. The zero-order valence-corrected chi connectivity index (χ0v) is 10.4. The average Bonchev–Trinajstić information content (AvgIpc) is 2.26. The van der Waals surface area contributed by atoms with E-state index in [1.165, 1.54) is 0 Å². The Morgan fingerprint density at radius 2 is 1.74 bits per heavy atom. The molecule has 0 saturated carbocycles. The number of amides is 1. The van der Waals surface area contributed by atoms with Gasteiger partial charge >= 0.3 is 5.97 Å². The maximum atomic E-state index is 13.6. The molecule has 1 atom stereocenters. The Hall–Kier alpha value is -2.18. The Labute approximate surface area is 108 Å². The van der Waals surface area contributed by atoms with Crippen LogP contribution >= 0.6 is 0 Å². The lowest BCUT2D eigenvalue weighted by Gasteiger charge is -2.21. The first-order valence-corrected chi connectivity index (χ1v) is 5.52. The van der Waals surface area contributed by atoms with Gasteiger partial charge in [-0.3, -0.25) is 4.79 Å². The van der Waals surface area contributed by atoms with E-state index >= 15 is 0 Å². The minimum absolute atomic E-state index is 0.282. The first-order chi connectivity index (χ1) is 8.73. The molecule has 0 aliphatic rings. The molecule has 0 saturated heterocycles. The summed E-state index contributed by atoms with van der Waals surface area (Å²) in [5.41, 5.74) is 4.04. The minimum Gasteiger partial charge on any atom is -0.478 e. The van der Waals surface area contributed by atoms with Gasteiger partial charge in [-0.25, -0.2) is 13.6 Å². The Kier molecular flexibility index (Phi) is 4.42. The molecule has 7 heteroatoms. The second-order valence-electron chi connectivity index (χ2n) is 4.39. The first-order valence-electron chi connectivity index (χ1n) is 5.52. The fraction of sp³-hybridized carbons (Fsp3) is 0.333. The van der Waals surface area contributed by atoms with Crippen LogP contribution in [0.1, 0.15) is 24.2 Å². The average molecular weight is 272 g/mol. The summed E-state index contributed by atoms with van der Waals surface area (Å²) in [5, 5.41) is 11.0. The first kappa shape index (κ1) is 14.9. The van der Waals surface area contributed by atoms with Crippen LogP contribution in [-0.4, -0.2) is 23.0 Å². The molecule has 1 rings (SSSR count). The van der Waals surface area contributed by atoms with Crippen molar-refractivity contribution < 1.29 is 23.5 Å². The second-order valence-corrected chi connectivity index (χ2v) is 4.39. The van der Waals surface area contributed by atoms with Gasteiger partial charge in [-0.15, -0.1) is 0 Å². The molecule has 1 aromatic rings. The molecule has 0 fully saturated rings. The largest absolute Gasteiger partial charge is 0.478 e. The molecule has 0 aromatic heterocycles. The van der Waals surface area contributed by atoms with E-state index in [2.05, 4.69) is 5.32 Å². The minimum atomic E-state index is -1.44. The number of anilines is 1. The highest BCUT2D eigenvalue weighted by molar-refractivity contribution is 5.88. The highest BCUT2D eigenvalue weighted by Gasteiger charge is 2.23. The number of hydrogen-bond donors (Lipinski definition) is 3. The molecule has 0 aliphatic carbocycles. The fourth-order valence-corrected chi connectivity index (χ4v) is 1.56. The van der Waals surface area contributed by atoms with Crippen molar-refractivity contribution in [1.82, 2.24) is 0 Å². The van der Waals surface area contributed by atoms with Gasteiger partial charge in [0.05, 0.1) is 5.56 Å². The lowest BCUT2D eigenvalue weighted by Crippen LogP contribution is -2.40. The SMILES string of the molecule is CC(C)C(Nc1c(F)cc(C(=O)O)cc1F)C(N)=O. The van der Waals surface area contributed by atoms with Crippen molar-refractivity contribution in [2.45, 2.75) is 19.9 Å². The smallest absolute Gasteiger partial charge is 0.335 e. The summed E-state index contributed by atoms with van der Waals surface area (Å²) in [4.78, 5) is 21.8. The van der Waals surface area contributed by atoms with Gasteiger partial charge in [0.2, 0.25) is 5.91 Å². The van der Waals surface area contributed by atoms with Gasteiger partial charge in [-0.05, 0) is 18.1 Å². The zero-order valence-electron chi connectivity index (χ0n) is 10.4. The number of benzene rings is 1. The third-order valence-electron chi connectivity index (χ3n) is 2.56. The van der Waals surface area contributed by atoms with Crippen molar-refractivity contribution in [1.29, 1.82) is 0 Å². The maximum Gasteiger partial charge on any atom is 0.335 e. The van der Waals surface area contributed by atoms with E-state index in [4.69, 9.17) is 10.8 Å². The number of aromatic carboxylic acids is 1. The van der Waals surface area contributed by atoms with E-state index in [1.807, 2.05) is 0 Å². The van der Waals surface area contributed by atoms with Crippen molar-refractivity contribution in [3.05, 3.63) is 29.3 Å². The normalized spacial score (nSPS) is 12.3. The van der Waals surface area contributed by atoms with Crippen LogP contribution in [0.2, 0.25) is 0 Å². The Morgan fingerprint density at radius 1 is 1.26 bits per heavy atom. The Bertz CT molecular complexity index is 495. The lowest BCUT2D eigenvalue weighted by atomic mass is 10.0. The van der Waals surface area contributed by atoms with Crippen molar-refractivity contribution in [3.63, 3.8) is 0 Å². The van der Waals surface area contributed by atoms with Gasteiger partial charge in [-0.1, -0.05) is 13.8 Å². The van der Waals surface area contributed by atoms with Crippen molar-refractivity contribution >= 4 is 17.6 Å². The van der Waals surface area contributed by atoms with E-state index < -0.39 is 40.8 Å². The number of hydrogen-bond acceptors (Lipinski definition) is 3. The van der Waals surface area contributed by atoms with Crippen LogP contribution in [-0.2, 0) is 4.79 Å². The summed E-state index contributed by atoms with van der Waals surface area (Å²) in [6.45, 7) is 3.31. The molecule has 1 amide bonds. The van der Waals surface area contributed by atoms with E-state index in [0.29, 0.717) is 12.1 Å². The second kappa shape index (κ2) is 5.64. The summed E-state index contributed by atoms with van der Waals surface area (Å²) in [5.74, 6) is -4.67. The molecule has 1 aromatic carbocycles. The molecule has 0 bridgehead atoms. The number of carboxylic acids is 1. The van der Waals surface area contributed by atoms with Crippen LogP contribution in [0.25, 0.3) is 0 Å². The summed E-state index contributed by atoms with van der Waals surface area (Å²) < 4.78 is 27.3. The van der Waals surface area contributed by atoms with Gasteiger partial charge in [0.15, 0.2) is 0 Å². The predicted octanol–water partition coefficient (Wildman–Crippen LogP) is 1.58.